The second-order valence-electron chi connectivity index (χ2n) is 10.7. The number of aromatic nitrogens is 3. The van der Waals surface area contributed by atoms with E-state index in [2.05, 4.69) is 23.9 Å². The number of pyridine rings is 1. The summed E-state index contributed by atoms with van der Waals surface area (Å²) in [6.45, 7) is 4.55. The molecule has 2 aliphatic rings. The molecule has 0 radical (unpaired) electrons. The Hall–Kier alpha value is -2.33. The van der Waals surface area contributed by atoms with E-state index in [9.17, 15) is 27.9 Å². The minimum absolute atomic E-state index is 0.00427. The molecular weight excluding hydrogens is 532 g/mol. The van der Waals surface area contributed by atoms with Crippen molar-refractivity contribution < 1.29 is 27.9 Å². The summed E-state index contributed by atoms with van der Waals surface area (Å²) in [4.78, 5) is 30.2. The van der Waals surface area contributed by atoms with Crippen LogP contribution in [0, 0.1) is 17.3 Å². The predicted molar refractivity (Wildman–Crippen MR) is 132 cm³/mol. The van der Waals surface area contributed by atoms with E-state index in [0.29, 0.717) is 22.2 Å². The molecule has 1 amide bonds. The molecule has 1 atom stereocenters. The van der Waals surface area contributed by atoms with Gasteiger partial charge in [-0.25, -0.2) is 0 Å². The molecule has 0 saturated heterocycles. The minimum atomic E-state index is -4.81. The van der Waals surface area contributed by atoms with E-state index in [-0.39, 0.29) is 50.0 Å². The minimum Gasteiger partial charge on any atom is -0.481 e. The maximum atomic E-state index is 14.3. The Labute approximate surface area is 222 Å². The van der Waals surface area contributed by atoms with Crippen molar-refractivity contribution in [3.63, 3.8) is 0 Å². The van der Waals surface area contributed by atoms with Crippen molar-refractivity contribution in [2.24, 2.45) is 17.3 Å². The average molecular weight is 561 g/mol. The molecule has 2 aromatic rings. The van der Waals surface area contributed by atoms with Gasteiger partial charge in [-0.1, -0.05) is 37.0 Å². The molecule has 2 aromatic heterocycles. The van der Waals surface area contributed by atoms with E-state index in [1.165, 1.54) is 17.3 Å². The smallest absolute Gasteiger partial charge is 0.433 e. The number of rotatable bonds is 8. The van der Waals surface area contributed by atoms with Crippen molar-refractivity contribution in [2.45, 2.75) is 64.6 Å². The summed E-state index contributed by atoms with van der Waals surface area (Å²) in [5.74, 6) is -2.11. The molecule has 2 heterocycles. The number of amides is 1. The zero-order chi connectivity index (χ0) is 27.1. The number of aliphatic carboxylic acids is 1. The lowest BCUT2D eigenvalue weighted by Crippen LogP contribution is -2.37. The molecule has 7 nitrogen and oxygen atoms in total. The number of hydrogen-bond acceptors (Lipinski definition) is 4. The first-order chi connectivity index (χ1) is 17.3. The zero-order valence-corrected chi connectivity index (χ0v) is 22.1. The highest BCUT2D eigenvalue weighted by Gasteiger charge is 2.48. The van der Waals surface area contributed by atoms with Crippen LogP contribution < -0.4 is 0 Å². The van der Waals surface area contributed by atoms with Crippen LogP contribution in [0.1, 0.15) is 73.6 Å². The van der Waals surface area contributed by atoms with Crippen LogP contribution in [0.5, 0.6) is 0 Å². The zero-order valence-electron chi connectivity index (χ0n) is 20.6. The Morgan fingerprint density at radius 3 is 2.24 bits per heavy atom. The first-order valence-corrected chi connectivity index (χ1v) is 13.0. The molecule has 37 heavy (non-hydrogen) atoms. The van der Waals surface area contributed by atoms with Gasteiger partial charge >= 0.3 is 12.1 Å². The van der Waals surface area contributed by atoms with Gasteiger partial charge in [-0.2, -0.15) is 18.3 Å². The third-order valence-electron chi connectivity index (χ3n) is 7.72. The van der Waals surface area contributed by atoms with Crippen LogP contribution in [0.3, 0.4) is 0 Å². The first-order valence-electron chi connectivity index (χ1n) is 12.2. The Morgan fingerprint density at radius 1 is 1.14 bits per heavy atom. The Morgan fingerprint density at radius 2 is 1.73 bits per heavy atom. The number of halogens is 5. The Kier molecular flexibility index (Phi) is 7.82. The Balaban J connectivity index is 1.61. The van der Waals surface area contributed by atoms with Crippen molar-refractivity contribution in [1.29, 1.82) is 0 Å². The van der Waals surface area contributed by atoms with Crippen molar-refractivity contribution in [1.82, 2.24) is 19.7 Å². The van der Waals surface area contributed by atoms with Gasteiger partial charge in [0.05, 0.1) is 33.8 Å². The van der Waals surface area contributed by atoms with Crippen LogP contribution in [0.2, 0.25) is 10.0 Å². The van der Waals surface area contributed by atoms with Crippen LogP contribution in [0.15, 0.2) is 18.6 Å². The molecule has 12 heteroatoms. The molecule has 2 aliphatic carbocycles. The fraction of sp³-hybridized carbons (Fsp3) is 0.600. The number of carbonyl (C=O) groups excluding carboxylic acids is 1. The quantitative estimate of drug-likeness (QED) is 0.418. The van der Waals surface area contributed by atoms with Crippen LogP contribution in [-0.2, 0) is 17.4 Å². The predicted octanol–water partition coefficient (Wildman–Crippen LogP) is 6.15. The van der Waals surface area contributed by atoms with Gasteiger partial charge in [-0.15, -0.1) is 0 Å². The van der Waals surface area contributed by atoms with Crippen molar-refractivity contribution >= 4 is 35.1 Å². The topological polar surface area (TPSA) is 88.3 Å². The highest BCUT2D eigenvalue weighted by atomic mass is 35.5. The number of carbonyl (C=O) groups is 2. The second kappa shape index (κ2) is 10.4. The lowest BCUT2D eigenvalue weighted by Gasteiger charge is -2.28. The van der Waals surface area contributed by atoms with Gasteiger partial charge in [0.25, 0.3) is 5.91 Å². The molecule has 0 spiro atoms. The van der Waals surface area contributed by atoms with E-state index in [1.807, 2.05) is 0 Å². The molecule has 1 N–H and O–H groups in total. The monoisotopic (exact) mass is 560 g/mol. The number of carboxylic acid groups (broad SMARTS) is 1. The largest absolute Gasteiger partial charge is 0.481 e. The van der Waals surface area contributed by atoms with Gasteiger partial charge in [-0.3, -0.25) is 19.3 Å². The molecule has 202 valence electrons. The molecule has 2 saturated carbocycles. The van der Waals surface area contributed by atoms with E-state index < -0.39 is 41.3 Å². The van der Waals surface area contributed by atoms with E-state index in [0.717, 1.165) is 17.3 Å². The maximum absolute atomic E-state index is 14.3. The molecule has 0 bridgehead atoms. The summed E-state index contributed by atoms with van der Waals surface area (Å²) in [6, 6.07) is -0.626. The summed E-state index contributed by atoms with van der Waals surface area (Å²) in [6.07, 6.45) is 1.18. The highest BCUT2D eigenvalue weighted by Crippen LogP contribution is 2.52. The van der Waals surface area contributed by atoms with Gasteiger partial charge in [0.15, 0.2) is 5.69 Å². The van der Waals surface area contributed by atoms with Gasteiger partial charge < -0.3 is 10.0 Å². The molecule has 0 aliphatic heterocycles. The van der Waals surface area contributed by atoms with E-state index >= 15 is 0 Å². The van der Waals surface area contributed by atoms with Gasteiger partial charge in [0, 0.05) is 25.5 Å². The summed E-state index contributed by atoms with van der Waals surface area (Å²) in [5.41, 5.74) is -1.01. The molecule has 2 fully saturated rings. The molecule has 0 aromatic carbocycles. The highest BCUT2D eigenvalue weighted by molar-refractivity contribution is 6.35. The number of nitrogens with zero attached hydrogens (tertiary/aromatic N) is 4. The van der Waals surface area contributed by atoms with Crippen molar-refractivity contribution in [3.05, 3.63) is 45.5 Å². The maximum Gasteiger partial charge on any atom is 0.433 e. The second-order valence-corrected chi connectivity index (χ2v) is 11.5. The molecule has 0 unspecified atom stereocenters. The van der Waals surface area contributed by atoms with Crippen LogP contribution in [0.25, 0.3) is 0 Å². The Bertz CT molecular complexity index is 1160. The summed E-state index contributed by atoms with van der Waals surface area (Å²) in [5, 5.41) is 13.9. The lowest BCUT2D eigenvalue weighted by molar-refractivity contribution is -0.147. The number of hydrogen-bond donors (Lipinski definition) is 1. The van der Waals surface area contributed by atoms with Crippen LogP contribution in [-0.4, -0.2) is 49.7 Å². The van der Waals surface area contributed by atoms with E-state index in [4.69, 9.17) is 23.2 Å². The fourth-order valence-corrected chi connectivity index (χ4v) is 5.72. The van der Waals surface area contributed by atoms with Crippen LogP contribution >= 0.6 is 23.2 Å². The SMILES string of the molecule is CC1(C)C[C@H]1CN(CCc1c(Cl)cncc1Cl)C(=O)c1cnn(C2CCC(C(=O)O)CC2)c1C(F)(F)F. The van der Waals surface area contributed by atoms with Crippen molar-refractivity contribution in [3.8, 4) is 0 Å². The summed E-state index contributed by atoms with van der Waals surface area (Å²) >= 11 is 12.5. The average Bonchev–Trinajstić information content (AvgIpc) is 3.20. The van der Waals surface area contributed by atoms with Gasteiger partial charge in [-0.05, 0) is 55.4 Å². The fourth-order valence-electron chi connectivity index (χ4n) is 5.17. The van der Waals surface area contributed by atoms with Crippen LogP contribution in [0.4, 0.5) is 13.2 Å². The van der Waals surface area contributed by atoms with Gasteiger partial charge in [0.2, 0.25) is 0 Å². The summed E-state index contributed by atoms with van der Waals surface area (Å²) < 4.78 is 43.8. The third kappa shape index (κ3) is 6.06. The molecule has 4 rings (SSSR count). The first kappa shape index (κ1) is 27.7. The molecular formula is C25H29Cl2F3N4O3. The van der Waals surface area contributed by atoms with E-state index in [1.54, 1.807) is 0 Å². The summed E-state index contributed by atoms with van der Waals surface area (Å²) in [7, 11) is 0. The standard InChI is InChI=1S/C25H29Cl2F3N4O3/c1-24(2)9-15(24)13-33(8-7-17-19(26)11-31-12-20(17)27)22(35)18-10-32-34(21(18)25(28,29)30)16-5-3-14(4-6-16)23(36)37/h10-12,14-16H,3-9,13H2,1-2H3,(H,36,37)/t14?,15-,16?/m0/s1. The number of alkyl halides is 3. The normalized spacial score (nSPS) is 23.1. The lowest BCUT2D eigenvalue weighted by atomic mass is 9.86. The third-order valence-corrected chi connectivity index (χ3v) is 8.37. The van der Waals surface area contributed by atoms with Crippen molar-refractivity contribution in [2.75, 3.05) is 13.1 Å². The van der Waals surface area contributed by atoms with Gasteiger partial charge in [0.1, 0.15) is 0 Å². The number of carboxylic acids is 1.